The second kappa shape index (κ2) is 8.77. The van der Waals surface area contributed by atoms with Crippen LogP contribution in [0.4, 0.5) is 13.2 Å². The zero-order valence-electron chi connectivity index (χ0n) is 12.7. The van der Waals surface area contributed by atoms with Gasteiger partial charge >= 0.3 is 6.15 Å². The Kier molecular flexibility index (Phi) is 7.34. The van der Waals surface area contributed by atoms with Crippen LogP contribution in [-0.4, -0.2) is 22.1 Å². The molecule has 1 unspecified atom stereocenters. The number of hydrogen-bond donors (Lipinski definition) is 1. The molecule has 1 heterocycles. The van der Waals surface area contributed by atoms with E-state index in [0.29, 0.717) is 16.7 Å². The molecule has 0 bridgehead atoms. The van der Waals surface area contributed by atoms with Gasteiger partial charge < -0.3 is 10.3 Å². The van der Waals surface area contributed by atoms with E-state index in [1.807, 2.05) is 6.92 Å². The molecule has 9 heteroatoms. The summed E-state index contributed by atoms with van der Waals surface area (Å²) >= 11 is 3.16. The highest BCUT2D eigenvalue weighted by atomic mass is 79.9. The summed E-state index contributed by atoms with van der Waals surface area (Å²) in [5.41, 5.74) is 3.54. The fourth-order valence-corrected chi connectivity index (χ4v) is 2.57. The summed E-state index contributed by atoms with van der Waals surface area (Å²) in [6.45, 7) is 1.61. The van der Waals surface area contributed by atoms with Gasteiger partial charge in [0.1, 0.15) is 17.2 Å². The van der Waals surface area contributed by atoms with Gasteiger partial charge in [0.25, 0.3) is 6.43 Å². The van der Waals surface area contributed by atoms with Crippen LogP contribution in [0.25, 0.3) is 0 Å². The summed E-state index contributed by atoms with van der Waals surface area (Å²) in [4.78, 5) is 20.3. The quantitative estimate of drug-likeness (QED) is 0.829. The third-order valence-corrected chi connectivity index (χ3v) is 3.86. The van der Waals surface area contributed by atoms with Gasteiger partial charge in [0, 0.05) is 28.9 Å². The van der Waals surface area contributed by atoms with Crippen molar-refractivity contribution in [2.75, 3.05) is 0 Å². The van der Waals surface area contributed by atoms with Gasteiger partial charge in [0.2, 0.25) is 0 Å². The number of aryl methyl sites for hydroxylation is 1. The third kappa shape index (κ3) is 4.53. The van der Waals surface area contributed by atoms with Crippen LogP contribution >= 0.6 is 15.9 Å². The summed E-state index contributed by atoms with van der Waals surface area (Å²) < 4.78 is 43.1. The number of alkyl halides is 2. The Hall–Kier alpha value is -1.96. The van der Waals surface area contributed by atoms with Crippen molar-refractivity contribution in [3.05, 3.63) is 52.3 Å². The minimum Gasteiger partial charge on any atom is -0.333 e. The Balaban J connectivity index is 0.000000891. The summed E-state index contributed by atoms with van der Waals surface area (Å²) in [6.07, 6.45) is 0.988. The maximum Gasteiger partial charge on any atom is 0.373 e. The first-order valence-corrected chi connectivity index (χ1v) is 7.61. The molecule has 0 spiro atoms. The van der Waals surface area contributed by atoms with Crippen LogP contribution in [0.2, 0.25) is 0 Å². The van der Waals surface area contributed by atoms with Crippen LogP contribution in [0.1, 0.15) is 18.3 Å². The lowest BCUT2D eigenvalue weighted by atomic mass is 9.90. The SMILES string of the molecule is CCc1nccn1CC(N)(c1cc(Br)ccc1F)C(F)F.O=C=O. The fraction of sp³-hybridized carbons (Fsp3) is 0.333. The molecule has 130 valence electrons. The van der Waals surface area contributed by atoms with E-state index in [-0.39, 0.29) is 18.3 Å². The van der Waals surface area contributed by atoms with Crippen LogP contribution < -0.4 is 5.73 Å². The number of carbonyl (C=O) groups excluding carboxylic acids is 2. The number of benzene rings is 1. The van der Waals surface area contributed by atoms with Gasteiger partial charge in [-0.05, 0) is 18.2 Å². The number of nitrogens with zero attached hydrogens (tertiary/aromatic N) is 2. The Bertz CT molecular complexity index is 718. The molecule has 0 fully saturated rings. The third-order valence-electron chi connectivity index (χ3n) is 3.37. The molecule has 0 aliphatic carbocycles. The molecule has 5 nitrogen and oxygen atoms in total. The predicted molar refractivity (Wildman–Crippen MR) is 82.6 cm³/mol. The van der Waals surface area contributed by atoms with E-state index in [4.69, 9.17) is 15.3 Å². The summed E-state index contributed by atoms with van der Waals surface area (Å²) in [5.74, 6) is -0.125. The maximum atomic E-state index is 14.0. The van der Waals surface area contributed by atoms with Crippen LogP contribution in [0, 0.1) is 5.82 Å². The van der Waals surface area contributed by atoms with Gasteiger partial charge in [-0.1, -0.05) is 22.9 Å². The molecule has 1 aromatic heterocycles. The van der Waals surface area contributed by atoms with Gasteiger partial charge in [-0.25, -0.2) is 18.2 Å². The minimum atomic E-state index is -2.92. The highest BCUT2D eigenvalue weighted by Gasteiger charge is 2.40. The van der Waals surface area contributed by atoms with Crippen molar-refractivity contribution in [3.8, 4) is 0 Å². The zero-order valence-corrected chi connectivity index (χ0v) is 14.3. The molecule has 2 aromatic rings. The Morgan fingerprint density at radius 2 is 2.04 bits per heavy atom. The second-order valence-electron chi connectivity index (χ2n) is 4.87. The maximum absolute atomic E-state index is 14.0. The average molecular weight is 406 g/mol. The van der Waals surface area contributed by atoms with Gasteiger partial charge in [-0.2, -0.15) is 9.59 Å². The van der Waals surface area contributed by atoms with Gasteiger partial charge in [-0.3, -0.25) is 0 Å². The number of imidazole rings is 1. The molecule has 2 N–H and O–H groups in total. The molecule has 0 radical (unpaired) electrons. The van der Waals surface area contributed by atoms with Crippen molar-refractivity contribution in [1.29, 1.82) is 0 Å². The molecule has 2 rings (SSSR count). The van der Waals surface area contributed by atoms with Crippen molar-refractivity contribution in [2.24, 2.45) is 5.73 Å². The lowest BCUT2D eigenvalue weighted by molar-refractivity contribution is -0.191. The number of aromatic nitrogens is 2. The smallest absolute Gasteiger partial charge is 0.333 e. The molecule has 0 amide bonds. The van der Waals surface area contributed by atoms with E-state index in [2.05, 4.69) is 20.9 Å². The topological polar surface area (TPSA) is 78.0 Å². The van der Waals surface area contributed by atoms with Crippen molar-refractivity contribution in [1.82, 2.24) is 9.55 Å². The molecule has 0 saturated carbocycles. The van der Waals surface area contributed by atoms with E-state index in [9.17, 15) is 13.2 Å². The van der Waals surface area contributed by atoms with E-state index in [1.54, 1.807) is 6.20 Å². The van der Waals surface area contributed by atoms with E-state index in [0.717, 1.165) is 6.07 Å². The number of halogens is 4. The molecule has 0 aliphatic rings. The molecule has 1 aromatic carbocycles. The van der Waals surface area contributed by atoms with E-state index < -0.39 is 17.8 Å². The largest absolute Gasteiger partial charge is 0.373 e. The van der Waals surface area contributed by atoms with Crippen molar-refractivity contribution < 1.29 is 22.8 Å². The van der Waals surface area contributed by atoms with Crippen molar-refractivity contribution >= 4 is 22.1 Å². The number of rotatable bonds is 5. The standard InChI is InChI=1S/C14H15BrF3N3.CO2/c1-2-12-20-5-6-21(12)8-14(19,13(17)18)10-7-9(15)3-4-11(10)16;2-1-3/h3-7,13H,2,8,19H2,1H3;. The van der Waals surface area contributed by atoms with Gasteiger partial charge in [0.05, 0.1) is 6.54 Å². The molecular formula is C15H15BrF3N3O2. The lowest BCUT2D eigenvalue weighted by Crippen LogP contribution is -2.48. The van der Waals surface area contributed by atoms with E-state index in [1.165, 1.54) is 22.9 Å². The van der Waals surface area contributed by atoms with E-state index >= 15 is 0 Å². The van der Waals surface area contributed by atoms with Crippen LogP contribution in [0.5, 0.6) is 0 Å². The van der Waals surface area contributed by atoms with Crippen LogP contribution in [-0.2, 0) is 28.1 Å². The minimum absolute atomic E-state index is 0.220. The average Bonchev–Trinajstić information content (AvgIpc) is 2.97. The molecule has 1 atom stereocenters. The van der Waals surface area contributed by atoms with Crippen LogP contribution in [0.3, 0.4) is 0 Å². The Morgan fingerprint density at radius 3 is 2.58 bits per heavy atom. The lowest BCUT2D eigenvalue weighted by Gasteiger charge is -2.30. The van der Waals surface area contributed by atoms with Crippen molar-refractivity contribution in [3.63, 3.8) is 0 Å². The highest BCUT2D eigenvalue weighted by Crippen LogP contribution is 2.32. The summed E-state index contributed by atoms with van der Waals surface area (Å²) in [5, 5.41) is 0. The van der Waals surface area contributed by atoms with Gasteiger partial charge in [-0.15, -0.1) is 0 Å². The Labute approximate surface area is 144 Å². The first kappa shape index (κ1) is 20.1. The number of nitrogens with two attached hydrogens (primary N) is 1. The summed E-state index contributed by atoms with van der Waals surface area (Å²) in [6, 6.07) is 3.86. The van der Waals surface area contributed by atoms with Crippen LogP contribution in [0.15, 0.2) is 35.1 Å². The monoisotopic (exact) mass is 405 g/mol. The molecular weight excluding hydrogens is 391 g/mol. The summed E-state index contributed by atoms with van der Waals surface area (Å²) in [7, 11) is 0. The molecule has 0 saturated heterocycles. The fourth-order valence-electron chi connectivity index (χ4n) is 2.21. The normalized spacial score (nSPS) is 13.0. The number of hydrogen-bond acceptors (Lipinski definition) is 4. The Morgan fingerprint density at radius 1 is 1.42 bits per heavy atom. The molecule has 0 aliphatic heterocycles. The first-order valence-electron chi connectivity index (χ1n) is 6.82. The first-order chi connectivity index (χ1) is 11.3. The van der Waals surface area contributed by atoms with Crippen molar-refractivity contribution in [2.45, 2.75) is 31.9 Å². The predicted octanol–water partition coefficient (Wildman–Crippen LogP) is 2.88. The zero-order chi connectivity index (χ0) is 18.3. The second-order valence-corrected chi connectivity index (χ2v) is 5.79. The highest BCUT2D eigenvalue weighted by molar-refractivity contribution is 9.10. The molecule has 24 heavy (non-hydrogen) atoms. The van der Waals surface area contributed by atoms with Gasteiger partial charge in [0.15, 0.2) is 0 Å².